The predicted octanol–water partition coefficient (Wildman–Crippen LogP) is -0.887. The van der Waals surface area contributed by atoms with E-state index in [1.807, 2.05) is 14.1 Å². The van der Waals surface area contributed by atoms with Crippen LogP contribution in [0.3, 0.4) is 0 Å². The molecule has 2 rings (SSSR count). The van der Waals surface area contributed by atoms with Crippen LogP contribution in [0.2, 0.25) is 0 Å². The summed E-state index contributed by atoms with van der Waals surface area (Å²) in [5, 5.41) is 6.39. The highest BCUT2D eigenvalue weighted by atomic mass is 32.2. The molecule has 1 aliphatic heterocycles. The number of nitrogens with one attached hydrogen (secondary N) is 1. The molecular weight excluding hydrogens is 294 g/mol. The molecule has 1 N–H and O–H groups in total. The van der Waals surface area contributed by atoms with Crippen molar-refractivity contribution >= 4 is 15.9 Å². The van der Waals surface area contributed by atoms with Gasteiger partial charge in [-0.2, -0.15) is 9.40 Å². The Labute approximate surface area is 124 Å². The number of aryl methyl sites for hydroxylation is 1. The van der Waals surface area contributed by atoms with Crippen LogP contribution in [0.5, 0.6) is 0 Å². The zero-order valence-corrected chi connectivity index (χ0v) is 13.4. The summed E-state index contributed by atoms with van der Waals surface area (Å²) in [6, 6.07) is 0. The quantitative estimate of drug-likeness (QED) is 0.779. The molecule has 1 aromatic rings. The van der Waals surface area contributed by atoms with Gasteiger partial charge in [-0.05, 0) is 21.0 Å². The second-order valence-electron chi connectivity index (χ2n) is 5.38. The summed E-state index contributed by atoms with van der Waals surface area (Å²) in [6.45, 7) is 3.48. The van der Waals surface area contributed by atoms with Crippen LogP contribution >= 0.6 is 0 Å². The minimum atomic E-state index is -3.53. The third-order valence-electron chi connectivity index (χ3n) is 3.44. The van der Waals surface area contributed by atoms with Crippen molar-refractivity contribution in [3.63, 3.8) is 0 Å². The number of aromatic nitrogens is 2. The third-order valence-corrected chi connectivity index (χ3v) is 5.46. The van der Waals surface area contributed by atoms with Gasteiger partial charge < -0.3 is 9.80 Å². The van der Waals surface area contributed by atoms with Crippen molar-refractivity contribution < 1.29 is 13.2 Å². The Balaban J connectivity index is 2.01. The number of carbonyl (C=O) groups is 1. The number of aromatic amines is 1. The summed E-state index contributed by atoms with van der Waals surface area (Å²) in [4.78, 5) is 15.7. The number of rotatable bonds is 4. The second kappa shape index (κ2) is 6.12. The van der Waals surface area contributed by atoms with E-state index in [0.717, 1.165) is 0 Å². The van der Waals surface area contributed by atoms with Crippen LogP contribution in [0.1, 0.15) is 5.69 Å². The maximum absolute atomic E-state index is 12.5. The maximum Gasteiger partial charge on any atom is 0.246 e. The highest BCUT2D eigenvalue weighted by molar-refractivity contribution is 7.89. The van der Waals surface area contributed by atoms with Crippen molar-refractivity contribution in [1.29, 1.82) is 0 Å². The second-order valence-corrected chi connectivity index (χ2v) is 7.29. The monoisotopic (exact) mass is 315 g/mol. The number of carbonyl (C=O) groups excluding carboxylic acids is 1. The first-order valence-electron chi connectivity index (χ1n) is 6.75. The molecule has 9 heteroatoms. The molecule has 21 heavy (non-hydrogen) atoms. The molecule has 1 aromatic heterocycles. The Bertz CT molecular complexity index is 602. The Morgan fingerprint density at radius 3 is 2.43 bits per heavy atom. The minimum absolute atomic E-state index is 0.0246. The van der Waals surface area contributed by atoms with Crippen molar-refractivity contribution in [2.75, 3.05) is 46.8 Å². The Kier molecular flexibility index (Phi) is 4.64. The highest BCUT2D eigenvalue weighted by Crippen LogP contribution is 2.19. The molecule has 0 bridgehead atoms. The van der Waals surface area contributed by atoms with Gasteiger partial charge in [0.1, 0.15) is 4.90 Å². The van der Waals surface area contributed by atoms with Crippen LogP contribution in [-0.2, 0) is 14.8 Å². The summed E-state index contributed by atoms with van der Waals surface area (Å²) in [5.41, 5.74) is 0.529. The number of hydrogen-bond donors (Lipinski definition) is 1. The normalized spacial score (nSPS) is 17.4. The maximum atomic E-state index is 12.5. The molecule has 0 aromatic carbocycles. The molecule has 0 saturated carbocycles. The molecule has 0 spiro atoms. The van der Waals surface area contributed by atoms with E-state index in [2.05, 4.69) is 10.2 Å². The fraction of sp³-hybridized carbons (Fsp3) is 0.667. The number of likely N-dealkylation sites (N-methyl/N-ethyl adjacent to an activating group) is 1. The van der Waals surface area contributed by atoms with E-state index in [9.17, 15) is 13.2 Å². The van der Waals surface area contributed by atoms with Gasteiger partial charge in [0.25, 0.3) is 0 Å². The minimum Gasteiger partial charge on any atom is -0.339 e. The molecule has 8 nitrogen and oxygen atoms in total. The molecule has 118 valence electrons. The van der Waals surface area contributed by atoms with Crippen LogP contribution in [0.15, 0.2) is 11.1 Å². The lowest BCUT2D eigenvalue weighted by atomic mass is 10.3. The molecule has 0 radical (unpaired) electrons. The fourth-order valence-corrected chi connectivity index (χ4v) is 3.83. The van der Waals surface area contributed by atoms with Crippen LogP contribution in [-0.4, -0.2) is 85.4 Å². The van der Waals surface area contributed by atoms with Crippen LogP contribution in [0.4, 0.5) is 0 Å². The fourth-order valence-electron chi connectivity index (χ4n) is 2.29. The number of nitrogens with zero attached hydrogens (tertiary/aromatic N) is 4. The van der Waals surface area contributed by atoms with Gasteiger partial charge in [0, 0.05) is 26.2 Å². The van der Waals surface area contributed by atoms with Crippen LogP contribution < -0.4 is 0 Å². The molecule has 2 heterocycles. The van der Waals surface area contributed by atoms with Crippen molar-refractivity contribution in [3.8, 4) is 0 Å². The standard InChI is InChI=1S/C12H21N5O3S/c1-10-11(8-13-14-10)21(19,20)17-6-4-16(5-7-17)12(18)9-15(2)3/h8H,4-7,9H2,1-3H3,(H,13,14). The van der Waals surface area contributed by atoms with E-state index < -0.39 is 10.0 Å². The Morgan fingerprint density at radius 2 is 1.95 bits per heavy atom. The van der Waals surface area contributed by atoms with Gasteiger partial charge in [0.05, 0.1) is 18.4 Å². The number of amides is 1. The molecule has 1 amide bonds. The lowest BCUT2D eigenvalue weighted by Gasteiger charge is -2.34. The Hall–Kier alpha value is -1.45. The van der Waals surface area contributed by atoms with Gasteiger partial charge in [-0.25, -0.2) is 8.42 Å². The summed E-state index contributed by atoms with van der Waals surface area (Å²) in [5.74, 6) is 0.0246. The average Bonchev–Trinajstić information content (AvgIpc) is 2.85. The third kappa shape index (κ3) is 3.42. The van der Waals surface area contributed by atoms with E-state index in [1.165, 1.54) is 10.5 Å². The van der Waals surface area contributed by atoms with Crippen molar-refractivity contribution in [2.24, 2.45) is 0 Å². The zero-order valence-electron chi connectivity index (χ0n) is 12.5. The molecule has 1 fully saturated rings. The van der Waals surface area contributed by atoms with E-state index in [0.29, 0.717) is 38.4 Å². The summed E-state index contributed by atoms with van der Waals surface area (Å²) >= 11 is 0. The molecular formula is C12H21N5O3S. The van der Waals surface area contributed by atoms with Gasteiger partial charge in [-0.3, -0.25) is 9.89 Å². The summed E-state index contributed by atoms with van der Waals surface area (Å²) < 4.78 is 26.4. The first-order chi connectivity index (χ1) is 9.82. The van der Waals surface area contributed by atoms with Gasteiger partial charge in [0.2, 0.25) is 15.9 Å². The first kappa shape index (κ1) is 15.9. The average molecular weight is 315 g/mol. The predicted molar refractivity (Wildman–Crippen MR) is 77.2 cm³/mol. The van der Waals surface area contributed by atoms with Crippen molar-refractivity contribution in [3.05, 3.63) is 11.9 Å². The summed E-state index contributed by atoms with van der Waals surface area (Å²) in [7, 11) is 0.137. The Morgan fingerprint density at radius 1 is 1.33 bits per heavy atom. The number of sulfonamides is 1. The number of H-pyrrole nitrogens is 1. The van der Waals surface area contributed by atoms with E-state index in [1.54, 1.807) is 16.7 Å². The summed E-state index contributed by atoms with van der Waals surface area (Å²) in [6.07, 6.45) is 1.33. The number of hydrogen-bond acceptors (Lipinski definition) is 5. The lowest BCUT2D eigenvalue weighted by Crippen LogP contribution is -2.52. The SMILES string of the molecule is Cc1[nH]ncc1S(=O)(=O)N1CCN(C(=O)CN(C)C)CC1. The van der Waals surface area contributed by atoms with Crippen LogP contribution in [0, 0.1) is 6.92 Å². The van der Waals surface area contributed by atoms with Gasteiger partial charge >= 0.3 is 0 Å². The molecule has 0 atom stereocenters. The van der Waals surface area contributed by atoms with Crippen LogP contribution in [0.25, 0.3) is 0 Å². The van der Waals surface area contributed by atoms with Gasteiger partial charge in [-0.1, -0.05) is 0 Å². The smallest absolute Gasteiger partial charge is 0.246 e. The molecule has 1 aliphatic rings. The van der Waals surface area contributed by atoms with Crippen molar-refractivity contribution in [1.82, 2.24) is 24.3 Å². The number of piperazine rings is 1. The van der Waals surface area contributed by atoms with Gasteiger partial charge in [0.15, 0.2) is 0 Å². The lowest BCUT2D eigenvalue weighted by molar-refractivity contribution is -0.133. The largest absolute Gasteiger partial charge is 0.339 e. The van der Waals surface area contributed by atoms with Crippen molar-refractivity contribution in [2.45, 2.75) is 11.8 Å². The molecule has 0 unspecified atom stereocenters. The van der Waals surface area contributed by atoms with Gasteiger partial charge in [-0.15, -0.1) is 0 Å². The molecule has 0 aliphatic carbocycles. The molecule has 1 saturated heterocycles. The van der Waals surface area contributed by atoms with E-state index in [4.69, 9.17) is 0 Å². The topological polar surface area (TPSA) is 89.6 Å². The highest BCUT2D eigenvalue weighted by Gasteiger charge is 2.31. The van der Waals surface area contributed by atoms with E-state index >= 15 is 0 Å². The first-order valence-corrected chi connectivity index (χ1v) is 8.19. The van der Waals surface area contributed by atoms with E-state index in [-0.39, 0.29) is 10.8 Å². The zero-order chi connectivity index (χ0) is 15.6.